The quantitative estimate of drug-likeness (QED) is 0.675. The van der Waals surface area contributed by atoms with E-state index < -0.39 is 0 Å². The monoisotopic (exact) mass is 327 g/mol. The van der Waals surface area contributed by atoms with Gasteiger partial charge in [0, 0.05) is 21.3 Å². The van der Waals surface area contributed by atoms with Crippen LogP contribution in [0.2, 0.25) is 0 Å². The fourth-order valence-electron chi connectivity index (χ4n) is 2.24. The second-order valence-electron chi connectivity index (χ2n) is 4.61. The van der Waals surface area contributed by atoms with E-state index >= 15 is 0 Å². The molecule has 0 aromatic heterocycles. The molecule has 0 heterocycles. The van der Waals surface area contributed by atoms with Crippen LogP contribution in [0.4, 0.5) is 0 Å². The number of carbonyl (C=O) groups excluding carboxylic acids is 1. The number of carbonyl (C=O) groups is 1. The number of halogens is 1. The molecule has 4 heteroatoms. The molecule has 18 heavy (non-hydrogen) atoms. The molecule has 1 aliphatic carbocycles. The molecule has 1 aromatic rings. The van der Waals surface area contributed by atoms with Gasteiger partial charge in [-0.25, -0.2) is 0 Å². The molecule has 0 bridgehead atoms. The molecule has 1 aromatic carbocycles. The summed E-state index contributed by atoms with van der Waals surface area (Å²) in [4.78, 5) is 13.7. The van der Waals surface area contributed by atoms with Crippen LogP contribution in [-0.2, 0) is 0 Å². The number of alkyl halides is 1. The van der Waals surface area contributed by atoms with Crippen molar-refractivity contribution in [3.8, 4) is 0 Å². The topological polar surface area (TPSA) is 29.1 Å². The highest BCUT2D eigenvalue weighted by Crippen LogP contribution is 2.24. The first-order valence-electron chi connectivity index (χ1n) is 6.29. The Bertz CT molecular complexity index is 407. The largest absolute Gasteiger partial charge is 0.348 e. The number of hydrogen-bond donors (Lipinski definition) is 1. The van der Waals surface area contributed by atoms with Crippen LogP contribution in [0.15, 0.2) is 29.2 Å². The number of hydrogen-bond acceptors (Lipinski definition) is 2. The molecular formula is C14H18BrNOS. The molecule has 2 rings (SSSR count). The zero-order valence-electron chi connectivity index (χ0n) is 10.5. The van der Waals surface area contributed by atoms with Gasteiger partial charge in [-0.15, -0.1) is 11.8 Å². The Hall–Kier alpha value is -0.480. The van der Waals surface area contributed by atoms with Crippen molar-refractivity contribution in [2.24, 2.45) is 0 Å². The molecule has 1 saturated carbocycles. The van der Waals surface area contributed by atoms with E-state index in [4.69, 9.17) is 0 Å². The minimum atomic E-state index is 0.0407. The second-order valence-corrected chi connectivity index (χ2v) is 6.66. The summed E-state index contributed by atoms with van der Waals surface area (Å²) in [5, 5.41) is 3.13. The van der Waals surface area contributed by atoms with Crippen molar-refractivity contribution in [3.63, 3.8) is 0 Å². The highest BCUT2D eigenvalue weighted by molar-refractivity contribution is 9.09. The van der Waals surface area contributed by atoms with E-state index in [0.717, 1.165) is 18.4 Å². The normalized spacial score (nSPS) is 23.7. The van der Waals surface area contributed by atoms with Crippen LogP contribution in [0, 0.1) is 0 Å². The summed E-state index contributed by atoms with van der Waals surface area (Å²) in [6.45, 7) is 0. The fraction of sp³-hybridized carbons (Fsp3) is 0.500. The van der Waals surface area contributed by atoms with Crippen LogP contribution in [0.5, 0.6) is 0 Å². The Labute approximate surface area is 121 Å². The molecule has 0 aliphatic heterocycles. The van der Waals surface area contributed by atoms with E-state index in [1.807, 2.05) is 30.5 Å². The van der Waals surface area contributed by atoms with Crippen LogP contribution in [0.3, 0.4) is 0 Å². The lowest BCUT2D eigenvalue weighted by Crippen LogP contribution is -2.42. The van der Waals surface area contributed by atoms with Gasteiger partial charge in [-0.05, 0) is 43.4 Å². The highest BCUT2D eigenvalue weighted by atomic mass is 79.9. The van der Waals surface area contributed by atoms with Crippen LogP contribution >= 0.6 is 27.7 Å². The summed E-state index contributed by atoms with van der Waals surface area (Å²) in [7, 11) is 0. The van der Waals surface area contributed by atoms with Crippen molar-refractivity contribution >= 4 is 33.6 Å². The minimum Gasteiger partial charge on any atom is -0.348 e. The van der Waals surface area contributed by atoms with Gasteiger partial charge in [-0.2, -0.15) is 0 Å². The molecule has 2 nitrogen and oxygen atoms in total. The van der Waals surface area contributed by atoms with Crippen molar-refractivity contribution < 1.29 is 4.79 Å². The van der Waals surface area contributed by atoms with Crippen molar-refractivity contribution in [1.82, 2.24) is 5.32 Å². The van der Waals surface area contributed by atoms with E-state index in [9.17, 15) is 4.79 Å². The lowest BCUT2D eigenvalue weighted by Gasteiger charge is -2.28. The second kappa shape index (κ2) is 6.62. The summed E-state index contributed by atoms with van der Waals surface area (Å²) < 4.78 is 0. The molecule has 2 atom stereocenters. The van der Waals surface area contributed by atoms with Crippen LogP contribution in [0.25, 0.3) is 0 Å². The van der Waals surface area contributed by atoms with Gasteiger partial charge >= 0.3 is 0 Å². The Morgan fingerprint density at radius 3 is 2.56 bits per heavy atom. The molecule has 2 unspecified atom stereocenters. The van der Waals surface area contributed by atoms with Crippen molar-refractivity contribution in [2.75, 3.05) is 6.26 Å². The van der Waals surface area contributed by atoms with Gasteiger partial charge in [-0.3, -0.25) is 4.79 Å². The zero-order chi connectivity index (χ0) is 13.0. The Kier molecular flexibility index (Phi) is 5.13. The van der Waals surface area contributed by atoms with Crippen LogP contribution in [0.1, 0.15) is 36.0 Å². The molecule has 1 amide bonds. The highest BCUT2D eigenvalue weighted by Gasteiger charge is 2.24. The molecule has 98 valence electrons. The molecule has 1 fully saturated rings. The summed E-state index contributed by atoms with van der Waals surface area (Å²) in [5.74, 6) is 0.0407. The standard InChI is InChI=1S/C14H18BrNOS/c1-18-11-8-6-10(7-9-11)14(17)16-13-5-3-2-4-12(13)15/h6-9,12-13H,2-5H2,1H3,(H,16,17). The maximum atomic E-state index is 12.1. The van der Waals surface area contributed by atoms with Gasteiger partial charge in [0.15, 0.2) is 0 Å². The first-order valence-corrected chi connectivity index (χ1v) is 8.44. The third-order valence-electron chi connectivity index (χ3n) is 3.35. The van der Waals surface area contributed by atoms with E-state index in [-0.39, 0.29) is 11.9 Å². The SMILES string of the molecule is CSc1ccc(C(=O)NC2CCCCC2Br)cc1. The van der Waals surface area contributed by atoms with Gasteiger partial charge in [0.1, 0.15) is 0 Å². The third-order valence-corrected chi connectivity index (χ3v) is 5.19. The van der Waals surface area contributed by atoms with E-state index in [1.165, 1.54) is 17.7 Å². The predicted molar refractivity (Wildman–Crippen MR) is 80.7 cm³/mol. The number of rotatable bonds is 3. The molecule has 0 radical (unpaired) electrons. The minimum absolute atomic E-state index is 0.0407. The average Bonchev–Trinajstić information content (AvgIpc) is 2.41. The Balaban J connectivity index is 1.97. The van der Waals surface area contributed by atoms with Crippen molar-refractivity contribution in [1.29, 1.82) is 0 Å². The van der Waals surface area contributed by atoms with Gasteiger partial charge in [0.25, 0.3) is 5.91 Å². The van der Waals surface area contributed by atoms with Crippen LogP contribution < -0.4 is 5.32 Å². The maximum absolute atomic E-state index is 12.1. The summed E-state index contributed by atoms with van der Waals surface area (Å²) in [5.41, 5.74) is 0.748. The molecule has 1 aliphatic rings. The number of nitrogens with one attached hydrogen (secondary N) is 1. The van der Waals surface area contributed by atoms with Crippen LogP contribution in [-0.4, -0.2) is 23.0 Å². The summed E-state index contributed by atoms with van der Waals surface area (Å²) in [6, 6.07) is 8.05. The first kappa shape index (κ1) is 13.9. The molecule has 0 spiro atoms. The van der Waals surface area contributed by atoms with Gasteiger partial charge in [0.05, 0.1) is 0 Å². The Morgan fingerprint density at radius 1 is 1.28 bits per heavy atom. The smallest absolute Gasteiger partial charge is 0.251 e. The first-order chi connectivity index (χ1) is 8.70. The predicted octanol–water partition coefficient (Wildman–Crippen LogP) is 3.84. The fourth-order valence-corrected chi connectivity index (χ4v) is 3.37. The van der Waals surface area contributed by atoms with E-state index in [0.29, 0.717) is 4.83 Å². The van der Waals surface area contributed by atoms with Gasteiger partial charge in [-0.1, -0.05) is 28.8 Å². The van der Waals surface area contributed by atoms with Gasteiger partial charge < -0.3 is 5.32 Å². The molecule has 1 N–H and O–H groups in total. The van der Waals surface area contributed by atoms with Gasteiger partial charge in [0.2, 0.25) is 0 Å². The van der Waals surface area contributed by atoms with Crippen molar-refractivity contribution in [2.45, 2.75) is 41.4 Å². The lowest BCUT2D eigenvalue weighted by molar-refractivity contribution is 0.0930. The molecular weight excluding hydrogens is 310 g/mol. The molecule has 0 saturated heterocycles. The average molecular weight is 328 g/mol. The maximum Gasteiger partial charge on any atom is 0.251 e. The number of thioether (sulfide) groups is 1. The zero-order valence-corrected chi connectivity index (χ0v) is 12.9. The van der Waals surface area contributed by atoms with Crippen molar-refractivity contribution in [3.05, 3.63) is 29.8 Å². The van der Waals surface area contributed by atoms with E-state index in [2.05, 4.69) is 21.2 Å². The Morgan fingerprint density at radius 2 is 1.94 bits per heavy atom. The summed E-state index contributed by atoms with van der Waals surface area (Å²) in [6.07, 6.45) is 6.72. The summed E-state index contributed by atoms with van der Waals surface area (Å²) >= 11 is 5.35. The van der Waals surface area contributed by atoms with E-state index in [1.54, 1.807) is 11.8 Å². The number of amides is 1. The lowest BCUT2D eigenvalue weighted by atomic mass is 9.95. The third kappa shape index (κ3) is 3.51. The number of benzene rings is 1.